The van der Waals surface area contributed by atoms with Crippen LogP contribution in [0.25, 0.3) is 0 Å². The molecule has 1 aromatic rings. The predicted octanol–water partition coefficient (Wildman–Crippen LogP) is 3.24. The molecule has 0 heterocycles. The standard InChI is InChI=1S/C17H25NO3S/c1-11-7-8-14(12(2)9-11)22-10-15(19)21-13(3)16(20)18-17(4,5)6/h7-9,13H,10H2,1-6H3,(H,18,20)/t13-/m1/s1. The minimum Gasteiger partial charge on any atom is -0.452 e. The molecular weight excluding hydrogens is 298 g/mol. The molecule has 5 heteroatoms. The van der Waals surface area contributed by atoms with Crippen molar-refractivity contribution in [3.63, 3.8) is 0 Å². The van der Waals surface area contributed by atoms with Gasteiger partial charge in [0.2, 0.25) is 0 Å². The molecule has 22 heavy (non-hydrogen) atoms. The minimum atomic E-state index is -0.786. The van der Waals surface area contributed by atoms with E-state index in [-0.39, 0.29) is 23.2 Å². The van der Waals surface area contributed by atoms with Gasteiger partial charge in [0.05, 0.1) is 5.75 Å². The van der Waals surface area contributed by atoms with Crippen molar-refractivity contribution in [2.24, 2.45) is 0 Å². The maximum absolute atomic E-state index is 11.9. The second-order valence-corrected chi connectivity index (χ2v) is 7.45. The van der Waals surface area contributed by atoms with Gasteiger partial charge in [-0.15, -0.1) is 11.8 Å². The lowest BCUT2D eigenvalue weighted by Gasteiger charge is -2.23. The fourth-order valence-electron chi connectivity index (χ4n) is 1.85. The molecule has 0 aliphatic carbocycles. The first-order valence-corrected chi connectivity index (χ1v) is 8.28. The van der Waals surface area contributed by atoms with E-state index >= 15 is 0 Å². The summed E-state index contributed by atoms with van der Waals surface area (Å²) in [5.74, 6) is -0.476. The molecule has 0 unspecified atom stereocenters. The normalized spacial score (nSPS) is 12.6. The van der Waals surface area contributed by atoms with Crippen molar-refractivity contribution in [3.05, 3.63) is 29.3 Å². The average Bonchev–Trinajstić information content (AvgIpc) is 2.35. The van der Waals surface area contributed by atoms with Crippen LogP contribution in [0.4, 0.5) is 0 Å². The highest BCUT2D eigenvalue weighted by Crippen LogP contribution is 2.23. The van der Waals surface area contributed by atoms with E-state index in [1.807, 2.05) is 46.8 Å². The van der Waals surface area contributed by atoms with Crippen LogP contribution in [-0.2, 0) is 14.3 Å². The minimum absolute atomic E-state index is 0.192. The summed E-state index contributed by atoms with van der Waals surface area (Å²) in [4.78, 5) is 24.8. The van der Waals surface area contributed by atoms with Crippen LogP contribution in [0.3, 0.4) is 0 Å². The second-order valence-electron chi connectivity index (χ2n) is 6.43. The zero-order chi connectivity index (χ0) is 16.9. The molecule has 0 radical (unpaired) electrons. The van der Waals surface area contributed by atoms with Crippen LogP contribution in [0.2, 0.25) is 0 Å². The number of rotatable bonds is 5. The Bertz CT molecular complexity index is 549. The summed E-state index contributed by atoms with van der Waals surface area (Å²) in [5.41, 5.74) is 1.99. The molecule has 4 nitrogen and oxygen atoms in total. The van der Waals surface area contributed by atoms with E-state index in [1.54, 1.807) is 6.92 Å². The molecule has 0 bridgehead atoms. The van der Waals surface area contributed by atoms with Gasteiger partial charge in [-0.2, -0.15) is 0 Å². The Kier molecular flexibility index (Phi) is 6.48. The van der Waals surface area contributed by atoms with Gasteiger partial charge >= 0.3 is 5.97 Å². The van der Waals surface area contributed by atoms with Crippen molar-refractivity contribution in [3.8, 4) is 0 Å². The fraction of sp³-hybridized carbons (Fsp3) is 0.529. The molecule has 0 fully saturated rings. The number of hydrogen-bond donors (Lipinski definition) is 1. The topological polar surface area (TPSA) is 55.4 Å². The van der Waals surface area contributed by atoms with Crippen LogP contribution in [0.5, 0.6) is 0 Å². The van der Waals surface area contributed by atoms with Crippen molar-refractivity contribution < 1.29 is 14.3 Å². The Morgan fingerprint density at radius 3 is 2.45 bits per heavy atom. The highest BCUT2D eigenvalue weighted by atomic mass is 32.2. The molecule has 122 valence electrons. The van der Waals surface area contributed by atoms with Crippen LogP contribution >= 0.6 is 11.8 Å². The molecule has 1 atom stereocenters. The number of nitrogens with one attached hydrogen (secondary N) is 1. The molecular formula is C17H25NO3S. The maximum atomic E-state index is 11.9. The average molecular weight is 323 g/mol. The third kappa shape index (κ3) is 6.52. The number of benzene rings is 1. The van der Waals surface area contributed by atoms with E-state index in [0.29, 0.717) is 0 Å². The summed E-state index contributed by atoms with van der Waals surface area (Å²) in [7, 11) is 0. The van der Waals surface area contributed by atoms with Crippen molar-refractivity contribution in [1.82, 2.24) is 5.32 Å². The monoisotopic (exact) mass is 323 g/mol. The van der Waals surface area contributed by atoms with Crippen LogP contribution in [0, 0.1) is 13.8 Å². The van der Waals surface area contributed by atoms with Crippen LogP contribution in [0.15, 0.2) is 23.1 Å². The van der Waals surface area contributed by atoms with E-state index < -0.39 is 6.10 Å². The molecule has 0 aliphatic rings. The second kappa shape index (κ2) is 7.68. The molecule has 0 spiro atoms. The first kappa shape index (κ1) is 18.6. The first-order chi connectivity index (χ1) is 10.1. The number of carbonyl (C=O) groups is 2. The first-order valence-electron chi connectivity index (χ1n) is 7.30. The summed E-state index contributed by atoms with van der Waals surface area (Å²) in [6.45, 7) is 11.3. The lowest BCUT2D eigenvalue weighted by molar-refractivity contribution is -0.152. The van der Waals surface area contributed by atoms with Crippen LogP contribution in [-0.4, -0.2) is 29.3 Å². The Morgan fingerprint density at radius 1 is 1.27 bits per heavy atom. The van der Waals surface area contributed by atoms with E-state index in [9.17, 15) is 9.59 Å². The smallest absolute Gasteiger partial charge is 0.317 e. The number of esters is 1. The summed E-state index contributed by atoms with van der Waals surface area (Å²) in [6, 6.07) is 6.09. The van der Waals surface area contributed by atoms with E-state index in [1.165, 1.54) is 17.3 Å². The number of amides is 1. The number of hydrogen-bond acceptors (Lipinski definition) is 4. The van der Waals surface area contributed by atoms with Gasteiger partial charge in [0, 0.05) is 10.4 Å². The lowest BCUT2D eigenvalue weighted by atomic mass is 10.1. The van der Waals surface area contributed by atoms with Gasteiger partial charge in [-0.3, -0.25) is 9.59 Å². The third-order valence-electron chi connectivity index (χ3n) is 2.85. The van der Waals surface area contributed by atoms with Gasteiger partial charge < -0.3 is 10.1 Å². The van der Waals surface area contributed by atoms with Gasteiger partial charge in [0.25, 0.3) is 5.91 Å². The Labute approximate surface area is 137 Å². The van der Waals surface area contributed by atoms with E-state index in [4.69, 9.17) is 4.74 Å². The van der Waals surface area contributed by atoms with Crippen molar-refractivity contribution in [2.75, 3.05) is 5.75 Å². The summed E-state index contributed by atoms with van der Waals surface area (Å²) in [6.07, 6.45) is -0.786. The molecule has 0 saturated heterocycles. The molecule has 1 rings (SSSR count). The Balaban J connectivity index is 2.47. The summed E-state index contributed by atoms with van der Waals surface area (Å²) < 4.78 is 5.17. The Hall–Kier alpha value is -1.49. The number of thioether (sulfide) groups is 1. The van der Waals surface area contributed by atoms with Gasteiger partial charge in [-0.1, -0.05) is 17.7 Å². The molecule has 0 saturated carbocycles. The molecule has 0 aromatic heterocycles. The number of ether oxygens (including phenoxy) is 1. The van der Waals surface area contributed by atoms with Gasteiger partial charge in [-0.05, 0) is 53.2 Å². The van der Waals surface area contributed by atoms with Crippen molar-refractivity contribution in [2.45, 2.75) is 58.1 Å². The Morgan fingerprint density at radius 2 is 1.91 bits per heavy atom. The van der Waals surface area contributed by atoms with E-state index in [0.717, 1.165) is 10.5 Å². The number of aryl methyl sites for hydroxylation is 2. The highest BCUT2D eigenvalue weighted by molar-refractivity contribution is 8.00. The maximum Gasteiger partial charge on any atom is 0.317 e. The number of carbonyl (C=O) groups excluding carboxylic acids is 2. The van der Waals surface area contributed by atoms with E-state index in [2.05, 4.69) is 11.4 Å². The summed E-state index contributed by atoms with van der Waals surface area (Å²) >= 11 is 1.42. The van der Waals surface area contributed by atoms with Gasteiger partial charge in [0.15, 0.2) is 6.10 Å². The lowest BCUT2D eigenvalue weighted by Crippen LogP contribution is -2.46. The van der Waals surface area contributed by atoms with Crippen LogP contribution in [0.1, 0.15) is 38.8 Å². The molecule has 1 amide bonds. The summed E-state index contributed by atoms with van der Waals surface area (Å²) in [5, 5.41) is 2.79. The van der Waals surface area contributed by atoms with Gasteiger partial charge in [0.1, 0.15) is 0 Å². The predicted molar refractivity (Wildman–Crippen MR) is 90.1 cm³/mol. The fourth-order valence-corrected chi connectivity index (χ4v) is 2.65. The zero-order valence-corrected chi connectivity index (χ0v) is 15.0. The quantitative estimate of drug-likeness (QED) is 0.667. The van der Waals surface area contributed by atoms with Crippen LogP contribution < -0.4 is 5.32 Å². The third-order valence-corrected chi connectivity index (χ3v) is 4.00. The van der Waals surface area contributed by atoms with Crippen molar-refractivity contribution in [1.29, 1.82) is 0 Å². The largest absolute Gasteiger partial charge is 0.452 e. The highest BCUT2D eigenvalue weighted by Gasteiger charge is 2.22. The zero-order valence-electron chi connectivity index (χ0n) is 14.1. The SMILES string of the molecule is Cc1ccc(SCC(=O)O[C@H](C)C(=O)NC(C)(C)C)c(C)c1. The molecule has 1 aromatic carbocycles. The van der Waals surface area contributed by atoms with Gasteiger partial charge in [-0.25, -0.2) is 0 Å². The van der Waals surface area contributed by atoms with Crippen molar-refractivity contribution >= 4 is 23.6 Å². The molecule has 0 aliphatic heterocycles. The molecule has 1 N–H and O–H groups in total.